The van der Waals surface area contributed by atoms with Crippen LogP contribution in [0.15, 0.2) is 59.9 Å². The largest absolute Gasteiger partial charge is 0.489 e. The van der Waals surface area contributed by atoms with Crippen molar-refractivity contribution >= 4 is 27.9 Å². The van der Waals surface area contributed by atoms with Gasteiger partial charge < -0.3 is 15.2 Å². The zero-order valence-corrected chi connectivity index (χ0v) is 16.1. The number of amides is 1. The third kappa shape index (κ3) is 4.57. The molecule has 28 heavy (non-hydrogen) atoms. The summed E-state index contributed by atoms with van der Waals surface area (Å²) < 4.78 is 20.5. The molecule has 1 amide bonds. The molecule has 0 aliphatic rings. The topological polar surface area (TPSA) is 71.5 Å². The van der Waals surface area contributed by atoms with Crippen molar-refractivity contribution in [2.24, 2.45) is 5.41 Å². The van der Waals surface area contributed by atoms with Crippen LogP contribution in [0, 0.1) is 5.41 Å². The highest BCUT2D eigenvalue weighted by molar-refractivity contribution is 5.93. The number of ether oxygens (including phenoxy) is 1. The standard InChI is InChI=1S/C22H23FN2O3/c1-22(2,3)20(23)16(12-24-21(26)27)13-28-17-8-9-19-15(11-17)10-14-6-4-5-7-18(14)25-19/h4-11,24H,12-13H2,1-3H3,(H,26,27)/b20-16+. The van der Waals surface area contributed by atoms with Crippen LogP contribution in [0.1, 0.15) is 20.8 Å². The summed E-state index contributed by atoms with van der Waals surface area (Å²) in [6.45, 7) is 5.02. The lowest BCUT2D eigenvalue weighted by Gasteiger charge is -2.20. The van der Waals surface area contributed by atoms with E-state index in [2.05, 4.69) is 10.3 Å². The van der Waals surface area contributed by atoms with Crippen molar-refractivity contribution in [1.82, 2.24) is 10.3 Å². The van der Waals surface area contributed by atoms with Crippen molar-refractivity contribution in [3.8, 4) is 5.75 Å². The maximum Gasteiger partial charge on any atom is 0.404 e. The van der Waals surface area contributed by atoms with Gasteiger partial charge in [0, 0.05) is 28.3 Å². The third-order valence-electron chi connectivity index (χ3n) is 4.32. The van der Waals surface area contributed by atoms with Crippen molar-refractivity contribution in [1.29, 1.82) is 0 Å². The normalized spacial score (nSPS) is 12.7. The highest BCUT2D eigenvalue weighted by Crippen LogP contribution is 2.30. The molecule has 5 nitrogen and oxygen atoms in total. The molecular formula is C22H23FN2O3. The van der Waals surface area contributed by atoms with Gasteiger partial charge in [0.15, 0.2) is 0 Å². The fourth-order valence-corrected chi connectivity index (χ4v) is 2.92. The number of para-hydroxylation sites is 1. The van der Waals surface area contributed by atoms with Crippen LogP contribution in [-0.4, -0.2) is 29.3 Å². The molecule has 6 heteroatoms. The molecular weight excluding hydrogens is 359 g/mol. The number of hydrogen-bond donors (Lipinski definition) is 2. The number of pyridine rings is 1. The minimum absolute atomic E-state index is 0.0457. The summed E-state index contributed by atoms with van der Waals surface area (Å²) in [4.78, 5) is 15.4. The number of halogens is 1. The van der Waals surface area contributed by atoms with Gasteiger partial charge in [0.05, 0.1) is 11.0 Å². The van der Waals surface area contributed by atoms with Crippen LogP contribution in [0.25, 0.3) is 21.8 Å². The number of aromatic nitrogens is 1. The van der Waals surface area contributed by atoms with Gasteiger partial charge in [-0.25, -0.2) is 14.2 Å². The van der Waals surface area contributed by atoms with Crippen molar-refractivity contribution in [2.75, 3.05) is 13.2 Å². The van der Waals surface area contributed by atoms with Gasteiger partial charge in [-0.1, -0.05) is 39.0 Å². The molecule has 3 aromatic rings. The minimum Gasteiger partial charge on any atom is -0.489 e. The van der Waals surface area contributed by atoms with Crippen LogP contribution < -0.4 is 10.1 Å². The first-order chi connectivity index (χ1) is 13.2. The van der Waals surface area contributed by atoms with Crippen molar-refractivity contribution in [3.05, 3.63) is 59.9 Å². The van der Waals surface area contributed by atoms with Gasteiger partial charge in [-0.05, 0) is 30.3 Å². The molecule has 0 aliphatic heterocycles. The second kappa shape index (κ2) is 7.84. The number of rotatable bonds is 5. The lowest BCUT2D eigenvalue weighted by Crippen LogP contribution is -2.27. The summed E-state index contributed by atoms with van der Waals surface area (Å²) in [5, 5.41) is 13.0. The molecule has 0 atom stereocenters. The number of nitrogens with one attached hydrogen (secondary N) is 1. The van der Waals surface area contributed by atoms with Crippen LogP contribution in [0.4, 0.5) is 9.18 Å². The van der Waals surface area contributed by atoms with Crippen LogP contribution >= 0.6 is 0 Å². The van der Waals surface area contributed by atoms with E-state index in [1.165, 1.54) is 0 Å². The van der Waals surface area contributed by atoms with Crippen molar-refractivity contribution in [2.45, 2.75) is 20.8 Å². The summed E-state index contributed by atoms with van der Waals surface area (Å²) >= 11 is 0. The first-order valence-electron chi connectivity index (χ1n) is 9.01. The Morgan fingerprint density at radius 2 is 1.82 bits per heavy atom. The van der Waals surface area contributed by atoms with E-state index in [1.54, 1.807) is 26.8 Å². The highest BCUT2D eigenvalue weighted by atomic mass is 19.1. The minimum atomic E-state index is -1.21. The van der Waals surface area contributed by atoms with Gasteiger partial charge >= 0.3 is 6.09 Å². The fourth-order valence-electron chi connectivity index (χ4n) is 2.92. The number of allylic oxidation sites excluding steroid dienone is 1. The van der Waals surface area contributed by atoms with E-state index in [9.17, 15) is 9.18 Å². The van der Waals surface area contributed by atoms with Gasteiger partial charge in [0.1, 0.15) is 18.2 Å². The summed E-state index contributed by atoms with van der Waals surface area (Å²) in [6, 6.07) is 15.4. The van der Waals surface area contributed by atoms with Gasteiger partial charge in [-0.3, -0.25) is 0 Å². The smallest absolute Gasteiger partial charge is 0.404 e. The molecule has 0 saturated carbocycles. The van der Waals surface area contributed by atoms with Crippen LogP contribution in [0.3, 0.4) is 0 Å². The van der Waals surface area contributed by atoms with Gasteiger partial charge in [-0.2, -0.15) is 0 Å². The van der Waals surface area contributed by atoms with E-state index in [0.29, 0.717) is 5.75 Å². The lowest BCUT2D eigenvalue weighted by molar-refractivity contribution is 0.194. The van der Waals surface area contributed by atoms with E-state index in [1.807, 2.05) is 42.5 Å². The number of fused-ring (bicyclic) bond motifs is 2. The second-order valence-electron chi connectivity index (χ2n) is 7.65. The highest BCUT2D eigenvalue weighted by Gasteiger charge is 2.22. The van der Waals surface area contributed by atoms with E-state index in [0.717, 1.165) is 21.8 Å². The Hall–Kier alpha value is -3.15. The number of carboxylic acid groups (broad SMARTS) is 1. The lowest BCUT2D eigenvalue weighted by atomic mass is 9.92. The maximum absolute atomic E-state index is 14.7. The first-order valence-corrected chi connectivity index (χ1v) is 9.01. The monoisotopic (exact) mass is 382 g/mol. The predicted octanol–water partition coefficient (Wildman–Crippen LogP) is 5.30. The summed E-state index contributed by atoms with van der Waals surface area (Å²) in [7, 11) is 0. The average molecular weight is 382 g/mol. The zero-order chi connectivity index (χ0) is 20.3. The third-order valence-corrected chi connectivity index (χ3v) is 4.32. The van der Waals surface area contributed by atoms with Gasteiger partial charge in [0.25, 0.3) is 0 Å². The van der Waals surface area contributed by atoms with Crippen LogP contribution in [0.5, 0.6) is 5.75 Å². The molecule has 0 aliphatic carbocycles. The molecule has 1 heterocycles. The quantitative estimate of drug-likeness (QED) is 0.587. The summed E-state index contributed by atoms with van der Waals surface area (Å²) in [5.41, 5.74) is 1.30. The zero-order valence-electron chi connectivity index (χ0n) is 16.1. The van der Waals surface area contributed by atoms with Crippen molar-refractivity contribution < 1.29 is 19.0 Å². The molecule has 0 fully saturated rings. The second-order valence-corrected chi connectivity index (χ2v) is 7.65. The molecule has 2 N–H and O–H groups in total. The predicted molar refractivity (Wildman–Crippen MR) is 108 cm³/mol. The van der Waals surface area contributed by atoms with Gasteiger partial charge in [0.2, 0.25) is 0 Å². The van der Waals surface area contributed by atoms with E-state index >= 15 is 0 Å². The molecule has 1 aromatic heterocycles. The van der Waals surface area contributed by atoms with Crippen molar-refractivity contribution in [3.63, 3.8) is 0 Å². The molecule has 0 saturated heterocycles. The van der Waals surface area contributed by atoms with E-state index in [4.69, 9.17) is 9.84 Å². The summed E-state index contributed by atoms with van der Waals surface area (Å²) in [5.74, 6) is 0.189. The Bertz CT molecular complexity index is 1050. The number of nitrogens with zero attached hydrogens (tertiary/aromatic N) is 1. The van der Waals surface area contributed by atoms with Crippen LogP contribution in [-0.2, 0) is 0 Å². The summed E-state index contributed by atoms with van der Waals surface area (Å²) in [6.07, 6.45) is -1.21. The first kappa shape index (κ1) is 19.6. The number of carbonyl (C=O) groups is 1. The molecule has 3 rings (SSSR count). The Balaban J connectivity index is 1.85. The van der Waals surface area contributed by atoms with Crippen LogP contribution in [0.2, 0.25) is 0 Å². The molecule has 0 bridgehead atoms. The maximum atomic E-state index is 14.7. The Morgan fingerprint density at radius 1 is 1.11 bits per heavy atom. The number of benzene rings is 2. The van der Waals surface area contributed by atoms with E-state index < -0.39 is 11.5 Å². The molecule has 0 spiro atoms. The molecule has 146 valence electrons. The Morgan fingerprint density at radius 3 is 2.54 bits per heavy atom. The Kier molecular flexibility index (Phi) is 5.49. The van der Waals surface area contributed by atoms with E-state index in [-0.39, 0.29) is 24.6 Å². The molecule has 0 radical (unpaired) electrons. The average Bonchev–Trinajstić information content (AvgIpc) is 2.65. The SMILES string of the molecule is CC(C)(C)/C(F)=C(/CNC(=O)O)COc1ccc2nc3ccccc3cc2c1. The number of hydrogen-bond acceptors (Lipinski definition) is 3. The molecule has 2 aromatic carbocycles. The fraction of sp³-hybridized carbons (Fsp3) is 0.273. The van der Waals surface area contributed by atoms with Gasteiger partial charge in [-0.15, -0.1) is 0 Å². The molecule has 0 unspecified atom stereocenters. The Labute approximate surface area is 162 Å².